The second kappa shape index (κ2) is 5.70. The van der Waals surface area contributed by atoms with Crippen LogP contribution in [0.3, 0.4) is 0 Å². The van der Waals surface area contributed by atoms with Crippen LogP contribution in [0.15, 0.2) is 0 Å². The summed E-state index contributed by atoms with van der Waals surface area (Å²) in [5.41, 5.74) is -0.629. The van der Waals surface area contributed by atoms with E-state index in [0.29, 0.717) is 6.61 Å². The second-order valence-corrected chi connectivity index (χ2v) is 6.94. The lowest BCUT2D eigenvalue weighted by molar-refractivity contribution is -0.145. The zero-order valence-electron chi connectivity index (χ0n) is 14.0. The lowest BCUT2D eigenvalue weighted by Crippen LogP contribution is -2.31. The molecule has 2 aliphatic rings. The highest BCUT2D eigenvalue weighted by atomic mass is 16.7. The number of carbonyl (C=O) groups is 2. The maximum atomic E-state index is 12.3. The minimum Gasteiger partial charge on any atom is -0.464 e. The molecule has 0 aromatic rings. The largest absolute Gasteiger partial charge is 0.464 e. The van der Waals surface area contributed by atoms with Crippen LogP contribution in [0.25, 0.3) is 0 Å². The molecular formula is C15H25NO6. The van der Waals surface area contributed by atoms with Crippen molar-refractivity contribution in [3.8, 4) is 0 Å². The minimum atomic E-state index is -0.716. The third-order valence-corrected chi connectivity index (χ3v) is 3.40. The number of esters is 1. The molecule has 0 aliphatic carbocycles. The highest BCUT2D eigenvalue weighted by molar-refractivity contribution is 5.88. The zero-order chi connectivity index (χ0) is 16.7. The topological polar surface area (TPSA) is 74.1 Å². The van der Waals surface area contributed by atoms with Gasteiger partial charge in [-0.05, 0) is 41.5 Å². The van der Waals surface area contributed by atoms with Gasteiger partial charge in [0.15, 0.2) is 11.8 Å². The lowest BCUT2D eigenvalue weighted by atomic mass is 10.2. The van der Waals surface area contributed by atoms with E-state index in [1.165, 1.54) is 4.90 Å². The summed E-state index contributed by atoms with van der Waals surface area (Å²) in [5, 5.41) is 0. The molecule has 2 saturated heterocycles. The first-order valence-corrected chi connectivity index (χ1v) is 7.55. The fourth-order valence-corrected chi connectivity index (χ4v) is 2.55. The summed E-state index contributed by atoms with van der Waals surface area (Å²) in [7, 11) is 0. The minimum absolute atomic E-state index is 0.262. The van der Waals surface area contributed by atoms with E-state index in [1.54, 1.807) is 41.5 Å². The smallest absolute Gasteiger partial charge is 0.411 e. The van der Waals surface area contributed by atoms with Crippen molar-refractivity contribution in [2.24, 2.45) is 0 Å². The molecule has 7 heteroatoms. The quantitative estimate of drug-likeness (QED) is 0.583. The van der Waals surface area contributed by atoms with Crippen LogP contribution in [0, 0.1) is 0 Å². The molecule has 2 rings (SSSR count). The van der Waals surface area contributed by atoms with Gasteiger partial charge in [-0.1, -0.05) is 0 Å². The van der Waals surface area contributed by atoms with Gasteiger partial charge >= 0.3 is 12.1 Å². The van der Waals surface area contributed by atoms with Gasteiger partial charge in [0, 0.05) is 0 Å². The summed E-state index contributed by atoms with van der Waals surface area (Å²) < 4.78 is 21.7. The molecule has 0 saturated carbocycles. The van der Waals surface area contributed by atoms with Crippen molar-refractivity contribution in [2.45, 2.75) is 71.1 Å². The first kappa shape index (κ1) is 17.0. The van der Waals surface area contributed by atoms with E-state index in [4.69, 9.17) is 18.9 Å². The van der Waals surface area contributed by atoms with E-state index in [9.17, 15) is 9.59 Å². The van der Waals surface area contributed by atoms with Crippen LogP contribution >= 0.6 is 0 Å². The van der Waals surface area contributed by atoms with Crippen molar-refractivity contribution >= 4 is 12.1 Å². The predicted molar refractivity (Wildman–Crippen MR) is 77.2 cm³/mol. The van der Waals surface area contributed by atoms with E-state index in [1.807, 2.05) is 0 Å². The molecule has 2 heterocycles. The average Bonchev–Trinajstić information content (AvgIpc) is 2.99. The van der Waals surface area contributed by atoms with Crippen LogP contribution in [0.4, 0.5) is 4.79 Å². The molecule has 3 atom stereocenters. The van der Waals surface area contributed by atoms with Gasteiger partial charge < -0.3 is 18.9 Å². The van der Waals surface area contributed by atoms with E-state index >= 15 is 0 Å². The Hall–Kier alpha value is -1.34. The molecule has 0 radical (unpaired) electrons. The summed E-state index contributed by atoms with van der Waals surface area (Å²) in [5.74, 6) is -1.15. The number of rotatable bonds is 3. The third-order valence-electron chi connectivity index (χ3n) is 3.40. The normalized spacial score (nSPS) is 30.1. The maximum absolute atomic E-state index is 12.3. The number of ether oxygens (including phenoxy) is 4. The predicted octanol–water partition coefficient (Wildman–Crippen LogP) is 1.69. The Kier molecular flexibility index (Phi) is 4.41. The van der Waals surface area contributed by atoms with E-state index < -0.39 is 35.5 Å². The number of hydrogen-bond acceptors (Lipinski definition) is 6. The number of hydrogen-bond donors (Lipinski definition) is 0. The van der Waals surface area contributed by atoms with E-state index in [0.717, 1.165) is 0 Å². The van der Waals surface area contributed by atoms with Gasteiger partial charge in [0.05, 0.1) is 19.3 Å². The van der Waals surface area contributed by atoms with Crippen LogP contribution < -0.4 is 0 Å². The van der Waals surface area contributed by atoms with Gasteiger partial charge in [-0.25, -0.2) is 9.59 Å². The molecule has 1 amide bonds. The number of nitrogens with zero attached hydrogens (tertiary/aromatic N) is 1. The highest BCUT2D eigenvalue weighted by Crippen LogP contribution is 2.39. The second-order valence-electron chi connectivity index (χ2n) is 6.94. The van der Waals surface area contributed by atoms with Crippen LogP contribution in [-0.4, -0.2) is 59.8 Å². The molecule has 2 aliphatic heterocycles. The summed E-state index contributed by atoms with van der Waals surface area (Å²) in [6.07, 6.45) is -0.902. The van der Waals surface area contributed by atoms with Crippen molar-refractivity contribution in [1.82, 2.24) is 4.90 Å². The first-order valence-electron chi connectivity index (χ1n) is 7.55. The van der Waals surface area contributed by atoms with Gasteiger partial charge in [-0.15, -0.1) is 0 Å². The summed E-state index contributed by atoms with van der Waals surface area (Å²) in [6.45, 7) is 11.2. The first-order chi connectivity index (χ1) is 10.1. The van der Waals surface area contributed by atoms with Crippen LogP contribution in [0.5, 0.6) is 0 Å². The maximum Gasteiger partial charge on any atom is 0.411 e. The van der Waals surface area contributed by atoms with Gasteiger partial charge in [0.2, 0.25) is 0 Å². The Morgan fingerprint density at radius 1 is 1.32 bits per heavy atom. The Morgan fingerprint density at radius 3 is 2.41 bits per heavy atom. The van der Waals surface area contributed by atoms with Crippen molar-refractivity contribution in [3.05, 3.63) is 0 Å². The monoisotopic (exact) mass is 315 g/mol. The van der Waals surface area contributed by atoms with Gasteiger partial charge in [0.1, 0.15) is 11.7 Å². The number of amides is 1. The molecule has 126 valence electrons. The fourth-order valence-electron chi connectivity index (χ4n) is 2.55. The van der Waals surface area contributed by atoms with Crippen molar-refractivity contribution < 1.29 is 28.5 Å². The Labute approximate surface area is 130 Å². The molecular weight excluding hydrogens is 290 g/mol. The van der Waals surface area contributed by atoms with E-state index in [-0.39, 0.29) is 12.7 Å². The molecule has 22 heavy (non-hydrogen) atoms. The summed E-state index contributed by atoms with van der Waals surface area (Å²) in [6, 6.07) is -1.08. The summed E-state index contributed by atoms with van der Waals surface area (Å²) in [4.78, 5) is 25.7. The molecule has 0 aromatic heterocycles. The molecule has 0 bridgehead atoms. The molecule has 0 unspecified atom stereocenters. The molecule has 0 N–H and O–H groups in total. The van der Waals surface area contributed by atoms with Crippen molar-refractivity contribution in [3.63, 3.8) is 0 Å². The molecule has 2 fully saturated rings. The average molecular weight is 315 g/mol. The Bertz CT molecular complexity index is 455. The third kappa shape index (κ3) is 3.70. The summed E-state index contributed by atoms with van der Waals surface area (Å²) >= 11 is 0. The van der Waals surface area contributed by atoms with Gasteiger partial charge in [-0.3, -0.25) is 4.90 Å². The lowest BCUT2D eigenvalue weighted by Gasteiger charge is -2.20. The fraction of sp³-hybridized carbons (Fsp3) is 0.867. The van der Waals surface area contributed by atoms with Crippen LogP contribution in [-0.2, 0) is 23.7 Å². The number of carbonyl (C=O) groups excluding carboxylic acids is 2. The van der Waals surface area contributed by atoms with Crippen LogP contribution in [0.2, 0.25) is 0 Å². The Balaban J connectivity index is 2.09. The Morgan fingerprint density at radius 2 is 1.95 bits per heavy atom. The van der Waals surface area contributed by atoms with Gasteiger partial charge in [0.25, 0.3) is 0 Å². The standard InChI is InChI=1S/C15H25NO6/c1-7-19-12(17)11-10(9-8-20-15(5,6)21-9)16(11)13(18)22-14(2,3)4/h9-11H,7-8H2,1-6H3/t9-,10+,11-,16?/m1/s1. The van der Waals surface area contributed by atoms with Crippen LogP contribution in [0.1, 0.15) is 41.5 Å². The highest BCUT2D eigenvalue weighted by Gasteiger charge is 2.63. The van der Waals surface area contributed by atoms with Crippen molar-refractivity contribution in [2.75, 3.05) is 13.2 Å². The molecule has 7 nitrogen and oxygen atoms in total. The molecule has 0 aromatic carbocycles. The zero-order valence-corrected chi connectivity index (χ0v) is 14.0. The molecule has 0 spiro atoms. The van der Waals surface area contributed by atoms with Crippen molar-refractivity contribution in [1.29, 1.82) is 0 Å². The van der Waals surface area contributed by atoms with Gasteiger partial charge in [-0.2, -0.15) is 0 Å². The van der Waals surface area contributed by atoms with E-state index in [2.05, 4.69) is 0 Å². The SMILES string of the molecule is CCOC(=O)[C@H]1[C@H]([C@H]2COC(C)(C)O2)N1C(=O)OC(C)(C)C.